The van der Waals surface area contributed by atoms with E-state index in [9.17, 15) is 4.79 Å². The Labute approximate surface area is 102 Å². The SMILES string of the molecule is O=C(c1ccc2ccccc2n1)c1nccs1. The summed E-state index contributed by atoms with van der Waals surface area (Å²) in [5, 5.41) is 3.30. The first-order chi connectivity index (χ1) is 8.34. The number of rotatable bonds is 2. The first-order valence-corrected chi connectivity index (χ1v) is 6.02. The van der Waals surface area contributed by atoms with Gasteiger partial charge in [0.2, 0.25) is 5.78 Å². The van der Waals surface area contributed by atoms with Gasteiger partial charge in [0.15, 0.2) is 5.01 Å². The van der Waals surface area contributed by atoms with Gasteiger partial charge in [-0.3, -0.25) is 4.79 Å². The summed E-state index contributed by atoms with van der Waals surface area (Å²) in [6.45, 7) is 0. The lowest BCUT2D eigenvalue weighted by molar-refractivity contribution is 0.103. The molecule has 0 aliphatic carbocycles. The first-order valence-electron chi connectivity index (χ1n) is 5.14. The van der Waals surface area contributed by atoms with Gasteiger partial charge >= 0.3 is 0 Å². The molecule has 0 spiro atoms. The zero-order valence-corrected chi connectivity index (χ0v) is 9.65. The second-order valence-corrected chi connectivity index (χ2v) is 4.45. The van der Waals surface area contributed by atoms with Crippen LogP contribution in [0.25, 0.3) is 10.9 Å². The number of ketones is 1. The van der Waals surface area contributed by atoms with Crippen molar-refractivity contribution in [2.45, 2.75) is 0 Å². The maximum atomic E-state index is 12.0. The minimum absolute atomic E-state index is 0.120. The fraction of sp³-hybridized carbons (Fsp3) is 0. The minimum Gasteiger partial charge on any atom is -0.284 e. The molecular formula is C13H8N2OS. The van der Waals surface area contributed by atoms with Gasteiger partial charge < -0.3 is 0 Å². The molecule has 0 N–H and O–H groups in total. The lowest BCUT2D eigenvalue weighted by atomic mass is 10.2. The van der Waals surface area contributed by atoms with E-state index < -0.39 is 0 Å². The Hall–Kier alpha value is -2.07. The van der Waals surface area contributed by atoms with Gasteiger partial charge in [0.05, 0.1) is 5.52 Å². The number of thiazole rings is 1. The van der Waals surface area contributed by atoms with E-state index >= 15 is 0 Å². The molecule has 17 heavy (non-hydrogen) atoms. The second kappa shape index (κ2) is 4.07. The largest absolute Gasteiger partial charge is 0.284 e. The van der Waals surface area contributed by atoms with Crippen molar-refractivity contribution in [3.8, 4) is 0 Å². The maximum Gasteiger partial charge on any atom is 0.239 e. The monoisotopic (exact) mass is 240 g/mol. The van der Waals surface area contributed by atoms with E-state index in [0.717, 1.165) is 10.9 Å². The Kier molecular flexibility index (Phi) is 2.42. The van der Waals surface area contributed by atoms with Crippen molar-refractivity contribution in [2.75, 3.05) is 0 Å². The Morgan fingerprint density at radius 1 is 1.12 bits per heavy atom. The van der Waals surface area contributed by atoms with E-state index in [1.165, 1.54) is 11.3 Å². The number of benzene rings is 1. The van der Waals surface area contributed by atoms with Crippen molar-refractivity contribution < 1.29 is 4.79 Å². The number of carbonyl (C=O) groups excluding carboxylic acids is 1. The molecule has 0 radical (unpaired) electrons. The number of aromatic nitrogens is 2. The van der Waals surface area contributed by atoms with E-state index in [1.54, 1.807) is 17.6 Å². The van der Waals surface area contributed by atoms with Gasteiger partial charge in [0.25, 0.3) is 0 Å². The Balaban J connectivity index is 2.09. The number of fused-ring (bicyclic) bond motifs is 1. The third kappa shape index (κ3) is 1.83. The zero-order chi connectivity index (χ0) is 11.7. The molecule has 3 aromatic rings. The molecule has 0 aliphatic heterocycles. The third-order valence-electron chi connectivity index (χ3n) is 2.46. The second-order valence-electron chi connectivity index (χ2n) is 3.56. The molecule has 0 saturated carbocycles. The highest BCUT2D eigenvalue weighted by molar-refractivity contribution is 7.11. The lowest BCUT2D eigenvalue weighted by Crippen LogP contribution is -2.03. The van der Waals surface area contributed by atoms with Gasteiger partial charge in [-0.25, -0.2) is 9.97 Å². The molecule has 0 atom stereocenters. The quantitative estimate of drug-likeness (QED) is 0.647. The first kappa shape index (κ1) is 10.1. The molecule has 2 aromatic heterocycles. The van der Waals surface area contributed by atoms with Crippen LogP contribution in [-0.4, -0.2) is 15.8 Å². The van der Waals surface area contributed by atoms with Crippen LogP contribution >= 0.6 is 11.3 Å². The van der Waals surface area contributed by atoms with Gasteiger partial charge in [0, 0.05) is 17.0 Å². The normalized spacial score (nSPS) is 10.6. The number of hydrogen-bond donors (Lipinski definition) is 0. The summed E-state index contributed by atoms with van der Waals surface area (Å²) in [5.74, 6) is -0.120. The number of carbonyl (C=O) groups is 1. The fourth-order valence-electron chi connectivity index (χ4n) is 1.64. The van der Waals surface area contributed by atoms with Gasteiger partial charge in [-0.1, -0.05) is 24.3 Å². The Bertz CT molecular complexity index is 677. The molecule has 0 fully saturated rings. The van der Waals surface area contributed by atoms with Crippen LogP contribution in [0.2, 0.25) is 0 Å². The fourth-order valence-corrected chi connectivity index (χ4v) is 2.22. The van der Waals surface area contributed by atoms with Crippen LogP contribution in [0.15, 0.2) is 48.0 Å². The average molecular weight is 240 g/mol. The molecule has 0 amide bonds. The van der Waals surface area contributed by atoms with Gasteiger partial charge in [0.1, 0.15) is 5.69 Å². The van der Waals surface area contributed by atoms with E-state index in [0.29, 0.717) is 10.7 Å². The molecule has 3 rings (SSSR count). The summed E-state index contributed by atoms with van der Waals surface area (Å²) in [6.07, 6.45) is 1.62. The Morgan fingerprint density at radius 2 is 2.00 bits per heavy atom. The average Bonchev–Trinajstić information content (AvgIpc) is 2.91. The van der Waals surface area contributed by atoms with E-state index in [1.807, 2.05) is 30.3 Å². The van der Waals surface area contributed by atoms with Crippen molar-refractivity contribution in [3.63, 3.8) is 0 Å². The maximum absolute atomic E-state index is 12.0. The van der Waals surface area contributed by atoms with Gasteiger partial charge in [-0.05, 0) is 12.1 Å². The van der Waals surface area contributed by atoms with Crippen LogP contribution in [0.3, 0.4) is 0 Å². The summed E-state index contributed by atoms with van der Waals surface area (Å²) in [6, 6.07) is 11.4. The molecule has 1 aromatic carbocycles. The van der Waals surface area contributed by atoms with Crippen LogP contribution < -0.4 is 0 Å². The summed E-state index contributed by atoms with van der Waals surface area (Å²) < 4.78 is 0. The molecule has 2 heterocycles. The standard InChI is InChI=1S/C13H8N2OS/c16-12(13-14-7-8-17-13)11-6-5-9-3-1-2-4-10(9)15-11/h1-8H. The van der Waals surface area contributed by atoms with Crippen molar-refractivity contribution in [1.29, 1.82) is 0 Å². The van der Waals surface area contributed by atoms with Crippen LogP contribution in [0.1, 0.15) is 15.5 Å². The number of hydrogen-bond acceptors (Lipinski definition) is 4. The molecule has 0 bridgehead atoms. The van der Waals surface area contributed by atoms with E-state index in [4.69, 9.17) is 0 Å². The number of nitrogens with zero attached hydrogens (tertiary/aromatic N) is 2. The molecule has 0 saturated heterocycles. The molecule has 4 heteroatoms. The number of para-hydroxylation sites is 1. The predicted molar refractivity (Wildman–Crippen MR) is 67.3 cm³/mol. The lowest BCUT2D eigenvalue weighted by Gasteiger charge is -1.99. The topological polar surface area (TPSA) is 42.9 Å². The zero-order valence-electron chi connectivity index (χ0n) is 8.83. The summed E-state index contributed by atoms with van der Waals surface area (Å²) in [5.41, 5.74) is 1.27. The predicted octanol–water partition coefficient (Wildman–Crippen LogP) is 2.92. The molecule has 0 unspecified atom stereocenters. The van der Waals surface area contributed by atoms with Crippen molar-refractivity contribution in [1.82, 2.24) is 9.97 Å². The summed E-state index contributed by atoms with van der Waals surface area (Å²) in [4.78, 5) is 20.4. The highest BCUT2D eigenvalue weighted by Gasteiger charge is 2.13. The van der Waals surface area contributed by atoms with Crippen molar-refractivity contribution in [3.05, 3.63) is 58.7 Å². The molecule has 3 nitrogen and oxygen atoms in total. The minimum atomic E-state index is -0.120. The Morgan fingerprint density at radius 3 is 2.82 bits per heavy atom. The highest BCUT2D eigenvalue weighted by atomic mass is 32.1. The van der Waals surface area contributed by atoms with Crippen LogP contribution in [0.5, 0.6) is 0 Å². The highest BCUT2D eigenvalue weighted by Crippen LogP contribution is 2.15. The van der Waals surface area contributed by atoms with Gasteiger partial charge in [-0.2, -0.15) is 0 Å². The van der Waals surface area contributed by atoms with E-state index in [-0.39, 0.29) is 5.78 Å². The molecule has 82 valence electrons. The molecular weight excluding hydrogens is 232 g/mol. The van der Waals surface area contributed by atoms with Gasteiger partial charge in [-0.15, -0.1) is 11.3 Å². The molecule has 0 aliphatic rings. The summed E-state index contributed by atoms with van der Waals surface area (Å²) >= 11 is 1.33. The van der Waals surface area contributed by atoms with E-state index in [2.05, 4.69) is 9.97 Å². The number of pyridine rings is 1. The summed E-state index contributed by atoms with van der Waals surface area (Å²) in [7, 11) is 0. The third-order valence-corrected chi connectivity index (χ3v) is 3.23. The van der Waals surface area contributed by atoms with Crippen molar-refractivity contribution in [2.24, 2.45) is 0 Å². The van der Waals surface area contributed by atoms with Crippen LogP contribution in [0, 0.1) is 0 Å². The van der Waals surface area contributed by atoms with Crippen LogP contribution in [-0.2, 0) is 0 Å². The van der Waals surface area contributed by atoms with Crippen molar-refractivity contribution >= 4 is 28.0 Å². The van der Waals surface area contributed by atoms with Crippen LogP contribution in [0.4, 0.5) is 0 Å². The smallest absolute Gasteiger partial charge is 0.239 e.